The standard InChI is InChI=1S/C12H17ClN4O/c13-11-7-14-8-12(15-11)17-2-1-10(9-17)16-3-5-18-6-4-16/h7-8,10H,1-6,9H2. The van der Waals surface area contributed by atoms with Gasteiger partial charge in [0.2, 0.25) is 0 Å². The Kier molecular flexibility index (Phi) is 3.63. The molecule has 0 spiro atoms. The molecule has 1 aromatic rings. The van der Waals surface area contributed by atoms with Crippen LogP contribution in [0.15, 0.2) is 12.4 Å². The minimum absolute atomic E-state index is 0.460. The van der Waals surface area contributed by atoms with E-state index in [0.29, 0.717) is 11.2 Å². The van der Waals surface area contributed by atoms with Gasteiger partial charge in [-0.25, -0.2) is 4.98 Å². The van der Waals surface area contributed by atoms with Crippen molar-refractivity contribution in [1.82, 2.24) is 14.9 Å². The van der Waals surface area contributed by atoms with Crippen molar-refractivity contribution >= 4 is 17.4 Å². The van der Waals surface area contributed by atoms with Gasteiger partial charge in [0, 0.05) is 32.2 Å². The fraction of sp³-hybridized carbons (Fsp3) is 0.667. The monoisotopic (exact) mass is 268 g/mol. The van der Waals surface area contributed by atoms with Gasteiger partial charge in [0.1, 0.15) is 11.0 Å². The average Bonchev–Trinajstić information content (AvgIpc) is 2.89. The lowest BCUT2D eigenvalue weighted by Gasteiger charge is -2.32. The van der Waals surface area contributed by atoms with Crippen molar-refractivity contribution in [2.45, 2.75) is 12.5 Å². The minimum Gasteiger partial charge on any atom is -0.379 e. The van der Waals surface area contributed by atoms with E-state index in [1.54, 1.807) is 12.4 Å². The maximum Gasteiger partial charge on any atom is 0.149 e. The minimum atomic E-state index is 0.460. The van der Waals surface area contributed by atoms with Gasteiger partial charge in [-0.3, -0.25) is 9.88 Å². The predicted octanol–water partition coefficient (Wildman–Crippen LogP) is 1.04. The summed E-state index contributed by atoms with van der Waals surface area (Å²) in [5, 5.41) is 0.460. The lowest BCUT2D eigenvalue weighted by molar-refractivity contribution is 0.0209. The molecule has 0 aliphatic carbocycles. The molecule has 1 unspecified atom stereocenters. The summed E-state index contributed by atoms with van der Waals surface area (Å²) < 4.78 is 5.39. The first-order valence-electron chi connectivity index (χ1n) is 6.37. The second kappa shape index (κ2) is 5.38. The van der Waals surface area contributed by atoms with Crippen molar-refractivity contribution in [1.29, 1.82) is 0 Å². The predicted molar refractivity (Wildman–Crippen MR) is 70.1 cm³/mol. The summed E-state index contributed by atoms with van der Waals surface area (Å²) in [6, 6.07) is 0.606. The molecule has 2 aliphatic rings. The third-order valence-corrected chi connectivity index (χ3v) is 3.82. The number of nitrogens with zero attached hydrogens (tertiary/aromatic N) is 4. The van der Waals surface area contributed by atoms with E-state index in [9.17, 15) is 0 Å². The molecule has 2 fully saturated rings. The highest BCUT2D eigenvalue weighted by Crippen LogP contribution is 2.22. The number of morpholine rings is 1. The Morgan fingerprint density at radius 2 is 2.06 bits per heavy atom. The van der Waals surface area contributed by atoms with Crippen molar-refractivity contribution in [3.63, 3.8) is 0 Å². The molecule has 6 heteroatoms. The van der Waals surface area contributed by atoms with Gasteiger partial charge in [0.15, 0.2) is 0 Å². The molecule has 5 nitrogen and oxygen atoms in total. The molecule has 0 bridgehead atoms. The molecule has 3 heterocycles. The highest BCUT2D eigenvalue weighted by atomic mass is 35.5. The van der Waals surface area contributed by atoms with Gasteiger partial charge >= 0.3 is 0 Å². The first-order chi connectivity index (χ1) is 8.83. The average molecular weight is 269 g/mol. The van der Waals surface area contributed by atoms with Crippen molar-refractivity contribution in [3.8, 4) is 0 Å². The smallest absolute Gasteiger partial charge is 0.149 e. The number of anilines is 1. The third kappa shape index (κ3) is 2.58. The molecular weight excluding hydrogens is 252 g/mol. The van der Waals surface area contributed by atoms with Crippen LogP contribution in [0.25, 0.3) is 0 Å². The summed E-state index contributed by atoms with van der Waals surface area (Å²) >= 11 is 5.88. The molecular formula is C12H17ClN4O. The van der Waals surface area contributed by atoms with E-state index >= 15 is 0 Å². The van der Waals surface area contributed by atoms with Gasteiger partial charge in [-0.05, 0) is 6.42 Å². The quantitative estimate of drug-likeness (QED) is 0.802. The van der Waals surface area contributed by atoms with Gasteiger partial charge < -0.3 is 9.64 Å². The molecule has 2 saturated heterocycles. The Balaban J connectivity index is 1.64. The number of aromatic nitrogens is 2. The Bertz CT molecular complexity index is 411. The van der Waals surface area contributed by atoms with E-state index in [-0.39, 0.29) is 0 Å². The van der Waals surface area contributed by atoms with Crippen LogP contribution in [0.3, 0.4) is 0 Å². The molecule has 0 saturated carbocycles. The van der Waals surface area contributed by atoms with Crippen LogP contribution in [-0.4, -0.2) is 60.3 Å². The summed E-state index contributed by atoms with van der Waals surface area (Å²) in [5.74, 6) is 0.887. The number of rotatable bonds is 2. The van der Waals surface area contributed by atoms with Crippen LogP contribution in [0.2, 0.25) is 5.15 Å². The molecule has 1 aromatic heterocycles. The van der Waals surface area contributed by atoms with Crippen LogP contribution in [0.5, 0.6) is 0 Å². The summed E-state index contributed by atoms with van der Waals surface area (Å²) in [7, 11) is 0. The Morgan fingerprint density at radius 1 is 1.22 bits per heavy atom. The van der Waals surface area contributed by atoms with Crippen molar-refractivity contribution in [3.05, 3.63) is 17.5 Å². The zero-order valence-electron chi connectivity index (χ0n) is 10.3. The molecule has 98 valence electrons. The summed E-state index contributed by atoms with van der Waals surface area (Å²) in [5.41, 5.74) is 0. The molecule has 3 rings (SSSR count). The number of ether oxygens (including phenoxy) is 1. The Morgan fingerprint density at radius 3 is 2.83 bits per heavy atom. The normalized spacial score (nSPS) is 25.6. The highest BCUT2D eigenvalue weighted by Gasteiger charge is 2.29. The zero-order valence-corrected chi connectivity index (χ0v) is 11.0. The fourth-order valence-corrected chi connectivity index (χ4v) is 2.82. The summed E-state index contributed by atoms with van der Waals surface area (Å²) in [6.07, 6.45) is 4.53. The van der Waals surface area contributed by atoms with Crippen LogP contribution in [0.4, 0.5) is 5.82 Å². The largest absolute Gasteiger partial charge is 0.379 e. The first kappa shape index (κ1) is 12.1. The van der Waals surface area contributed by atoms with E-state index in [1.165, 1.54) is 6.42 Å². The number of halogens is 1. The molecule has 1 atom stereocenters. The first-order valence-corrected chi connectivity index (χ1v) is 6.75. The van der Waals surface area contributed by atoms with E-state index in [2.05, 4.69) is 19.8 Å². The third-order valence-electron chi connectivity index (χ3n) is 3.64. The molecule has 0 radical (unpaired) electrons. The molecule has 18 heavy (non-hydrogen) atoms. The van der Waals surface area contributed by atoms with Gasteiger partial charge in [-0.15, -0.1) is 0 Å². The topological polar surface area (TPSA) is 41.5 Å². The van der Waals surface area contributed by atoms with Gasteiger partial charge in [-0.2, -0.15) is 0 Å². The maximum absolute atomic E-state index is 5.88. The van der Waals surface area contributed by atoms with Crippen LogP contribution in [0, 0.1) is 0 Å². The van der Waals surface area contributed by atoms with Crippen LogP contribution >= 0.6 is 11.6 Å². The Hall–Kier alpha value is -0.910. The molecule has 0 aromatic carbocycles. The summed E-state index contributed by atoms with van der Waals surface area (Å²) in [4.78, 5) is 13.2. The van der Waals surface area contributed by atoms with Gasteiger partial charge in [0.25, 0.3) is 0 Å². The van der Waals surface area contributed by atoms with Crippen molar-refractivity contribution in [2.75, 3.05) is 44.3 Å². The highest BCUT2D eigenvalue weighted by molar-refractivity contribution is 6.29. The SMILES string of the molecule is Clc1cncc(N2CCC(N3CCOCC3)C2)n1. The lowest BCUT2D eigenvalue weighted by atomic mass is 10.2. The van der Waals surface area contributed by atoms with Gasteiger partial charge in [0.05, 0.1) is 25.6 Å². The molecule has 0 amide bonds. The number of hydrogen-bond donors (Lipinski definition) is 0. The zero-order chi connectivity index (χ0) is 12.4. The van der Waals surface area contributed by atoms with Crippen LogP contribution in [0.1, 0.15) is 6.42 Å². The summed E-state index contributed by atoms with van der Waals surface area (Å²) in [6.45, 7) is 5.83. The maximum atomic E-state index is 5.88. The van der Waals surface area contributed by atoms with Crippen molar-refractivity contribution in [2.24, 2.45) is 0 Å². The Labute approximate surface area is 112 Å². The van der Waals surface area contributed by atoms with Crippen LogP contribution < -0.4 is 4.90 Å². The van der Waals surface area contributed by atoms with Gasteiger partial charge in [-0.1, -0.05) is 11.6 Å². The number of hydrogen-bond acceptors (Lipinski definition) is 5. The molecule has 0 N–H and O–H groups in total. The molecule has 2 aliphatic heterocycles. The second-order valence-corrected chi connectivity index (χ2v) is 5.12. The van der Waals surface area contributed by atoms with Crippen molar-refractivity contribution < 1.29 is 4.74 Å². The van der Waals surface area contributed by atoms with E-state index < -0.39 is 0 Å². The van der Waals surface area contributed by atoms with Crippen LogP contribution in [-0.2, 0) is 4.74 Å². The fourth-order valence-electron chi connectivity index (χ4n) is 2.68. The van der Waals surface area contributed by atoms with E-state index in [1.807, 2.05) is 0 Å². The van der Waals surface area contributed by atoms with E-state index in [4.69, 9.17) is 16.3 Å². The van der Waals surface area contributed by atoms with E-state index in [0.717, 1.165) is 45.2 Å². The lowest BCUT2D eigenvalue weighted by Crippen LogP contribution is -2.44. The second-order valence-electron chi connectivity index (χ2n) is 4.74.